The van der Waals surface area contributed by atoms with Crippen LogP contribution < -0.4 is 0 Å². The van der Waals surface area contributed by atoms with E-state index in [0.717, 1.165) is 10.6 Å². The van der Waals surface area contributed by atoms with E-state index in [1.807, 2.05) is 5.38 Å². The molecule has 0 fully saturated rings. The molecular weight excluding hydrogens is 276 g/mol. The van der Waals surface area contributed by atoms with Crippen molar-refractivity contribution in [2.45, 2.75) is 63.2 Å². The molecule has 0 radical (unpaired) electrons. The van der Waals surface area contributed by atoms with E-state index in [0.29, 0.717) is 4.88 Å². The van der Waals surface area contributed by atoms with Gasteiger partial charge in [0.1, 0.15) is 4.88 Å². The van der Waals surface area contributed by atoms with E-state index in [4.69, 9.17) is 5.11 Å². The molecule has 0 aliphatic rings. The van der Waals surface area contributed by atoms with Gasteiger partial charge in [-0.3, -0.25) is 0 Å². The average Bonchev–Trinajstić information content (AvgIpc) is 2.86. The van der Waals surface area contributed by atoms with Crippen LogP contribution in [0.5, 0.6) is 0 Å². The lowest BCUT2D eigenvalue weighted by Crippen LogP contribution is -1.89. The number of thioether (sulfide) groups is 1. The molecule has 1 N–H and O–H groups in total. The zero-order chi connectivity index (χ0) is 13.9. The van der Waals surface area contributed by atoms with Crippen LogP contribution in [0.15, 0.2) is 16.3 Å². The molecule has 0 aliphatic carbocycles. The third kappa shape index (κ3) is 7.63. The highest BCUT2D eigenvalue weighted by Crippen LogP contribution is 2.25. The van der Waals surface area contributed by atoms with Gasteiger partial charge in [0.2, 0.25) is 0 Å². The second kappa shape index (κ2) is 10.3. The number of hydrogen-bond donors (Lipinski definition) is 1. The van der Waals surface area contributed by atoms with Crippen LogP contribution in [0.3, 0.4) is 0 Å². The fraction of sp³-hybridized carbons (Fsp3) is 0.667. The molecule has 1 aromatic heterocycles. The van der Waals surface area contributed by atoms with Crippen LogP contribution in [0.25, 0.3) is 0 Å². The van der Waals surface area contributed by atoms with Crippen molar-refractivity contribution >= 4 is 29.1 Å². The number of carboxylic acid groups (broad SMARTS) is 1. The summed E-state index contributed by atoms with van der Waals surface area (Å²) in [7, 11) is 0. The number of carbonyl (C=O) groups is 1. The number of aromatic carboxylic acids is 1. The lowest BCUT2D eigenvalue weighted by molar-refractivity contribution is 0.0702. The van der Waals surface area contributed by atoms with Gasteiger partial charge in [-0.25, -0.2) is 4.79 Å². The largest absolute Gasteiger partial charge is 0.477 e. The molecule has 1 rings (SSSR count). The van der Waals surface area contributed by atoms with Crippen LogP contribution in [-0.2, 0) is 0 Å². The summed E-state index contributed by atoms with van der Waals surface area (Å²) in [6.45, 7) is 2.25. The zero-order valence-corrected chi connectivity index (χ0v) is 13.3. The number of hydrogen-bond acceptors (Lipinski definition) is 3. The molecule has 2 nitrogen and oxygen atoms in total. The molecule has 0 atom stereocenters. The zero-order valence-electron chi connectivity index (χ0n) is 11.7. The Labute approximate surface area is 124 Å². The molecule has 1 aromatic rings. The summed E-state index contributed by atoms with van der Waals surface area (Å²) in [5.74, 6) is 0.286. The van der Waals surface area contributed by atoms with Gasteiger partial charge in [0, 0.05) is 10.3 Å². The second-order valence-electron chi connectivity index (χ2n) is 4.78. The maximum absolute atomic E-state index is 10.7. The molecule has 0 saturated carbocycles. The molecule has 0 bridgehead atoms. The highest BCUT2D eigenvalue weighted by molar-refractivity contribution is 7.99. The molecule has 0 saturated heterocycles. The third-order valence-corrected chi connectivity index (χ3v) is 5.18. The number of carboxylic acids is 1. The van der Waals surface area contributed by atoms with E-state index in [9.17, 15) is 4.79 Å². The van der Waals surface area contributed by atoms with Gasteiger partial charge in [-0.2, -0.15) is 0 Å². The van der Waals surface area contributed by atoms with E-state index >= 15 is 0 Å². The Morgan fingerprint density at radius 1 is 1.16 bits per heavy atom. The number of rotatable bonds is 11. The SMILES string of the molecule is CCCCCCCCCCSc1csc(C(=O)O)c1. The minimum atomic E-state index is -0.816. The van der Waals surface area contributed by atoms with E-state index in [1.165, 1.54) is 62.7 Å². The lowest BCUT2D eigenvalue weighted by Gasteiger charge is -2.01. The van der Waals surface area contributed by atoms with Crippen molar-refractivity contribution in [1.82, 2.24) is 0 Å². The van der Waals surface area contributed by atoms with Gasteiger partial charge < -0.3 is 5.11 Å². The molecule has 0 aliphatic heterocycles. The van der Waals surface area contributed by atoms with Crippen molar-refractivity contribution in [3.8, 4) is 0 Å². The van der Waals surface area contributed by atoms with Gasteiger partial charge in [-0.15, -0.1) is 23.1 Å². The normalized spacial score (nSPS) is 10.8. The molecule has 0 aromatic carbocycles. The topological polar surface area (TPSA) is 37.3 Å². The Balaban J connectivity index is 1.97. The minimum Gasteiger partial charge on any atom is -0.477 e. The van der Waals surface area contributed by atoms with Crippen LogP contribution >= 0.6 is 23.1 Å². The quantitative estimate of drug-likeness (QED) is 0.422. The predicted octanol–water partition coefficient (Wildman–Crippen LogP) is 5.68. The number of unbranched alkanes of at least 4 members (excludes halogenated alkanes) is 7. The van der Waals surface area contributed by atoms with E-state index < -0.39 is 5.97 Å². The van der Waals surface area contributed by atoms with Crippen molar-refractivity contribution in [1.29, 1.82) is 0 Å². The Bertz CT molecular complexity index is 361. The first kappa shape index (κ1) is 16.6. The molecule has 0 spiro atoms. The second-order valence-corrected chi connectivity index (χ2v) is 6.85. The van der Waals surface area contributed by atoms with Gasteiger partial charge in [-0.1, -0.05) is 51.9 Å². The molecule has 0 amide bonds. The van der Waals surface area contributed by atoms with E-state index in [-0.39, 0.29) is 0 Å². The molecular formula is C15H24O2S2. The van der Waals surface area contributed by atoms with Crippen molar-refractivity contribution in [3.05, 3.63) is 16.3 Å². The summed E-state index contributed by atoms with van der Waals surface area (Å²) in [6, 6.07) is 1.78. The molecule has 0 unspecified atom stereocenters. The summed E-state index contributed by atoms with van der Waals surface area (Å²) in [5.41, 5.74) is 0. The average molecular weight is 300 g/mol. The molecule has 1 heterocycles. The van der Waals surface area contributed by atoms with Crippen LogP contribution in [0.1, 0.15) is 68.0 Å². The van der Waals surface area contributed by atoms with Crippen molar-refractivity contribution in [2.75, 3.05) is 5.75 Å². The third-order valence-electron chi connectivity index (χ3n) is 3.05. The van der Waals surface area contributed by atoms with Gasteiger partial charge in [0.05, 0.1) is 0 Å². The fourth-order valence-corrected chi connectivity index (χ4v) is 3.82. The maximum Gasteiger partial charge on any atom is 0.345 e. The first-order valence-corrected chi connectivity index (χ1v) is 9.05. The van der Waals surface area contributed by atoms with E-state index in [2.05, 4.69) is 6.92 Å². The highest BCUT2D eigenvalue weighted by atomic mass is 32.2. The smallest absolute Gasteiger partial charge is 0.345 e. The van der Waals surface area contributed by atoms with Gasteiger partial charge in [0.15, 0.2) is 0 Å². The fourth-order valence-electron chi connectivity index (χ4n) is 1.93. The summed E-state index contributed by atoms with van der Waals surface area (Å²) in [5, 5.41) is 10.8. The number of thiophene rings is 1. The Morgan fingerprint density at radius 2 is 1.79 bits per heavy atom. The van der Waals surface area contributed by atoms with Gasteiger partial charge >= 0.3 is 5.97 Å². The van der Waals surface area contributed by atoms with Crippen molar-refractivity contribution in [3.63, 3.8) is 0 Å². The van der Waals surface area contributed by atoms with Gasteiger partial charge in [-0.05, 0) is 18.2 Å². The Kier molecular flexibility index (Phi) is 9.01. The van der Waals surface area contributed by atoms with Crippen LogP contribution in [0, 0.1) is 0 Å². The van der Waals surface area contributed by atoms with Gasteiger partial charge in [0.25, 0.3) is 0 Å². The lowest BCUT2D eigenvalue weighted by atomic mass is 10.1. The maximum atomic E-state index is 10.7. The minimum absolute atomic E-state index is 0.443. The van der Waals surface area contributed by atoms with Crippen molar-refractivity contribution < 1.29 is 9.90 Å². The molecule has 4 heteroatoms. The first-order valence-electron chi connectivity index (χ1n) is 7.18. The summed E-state index contributed by atoms with van der Waals surface area (Å²) < 4.78 is 0. The van der Waals surface area contributed by atoms with E-state index in [1.54, 1.807) is 17.8 Å². The highest BCUT2D eigenvalue weighted by Gasteiger charge is 2.06. The van der Waals surface area contributed by atoms with Crippen LogP contribution in [0.4, 0.5) is 0 Å². The Hall–Kier alpha value is -0.480. The standard InChI is InChI=1S/C15H24O2S2/c1-2-3-4-5-6-7-8-9-10-18-13-11-14(15(16)17)19-12-13/h11-12H,2-10H2,1H3,(H,16,17). The van der Waals surface area contributed by atoms with Crippen LogP contribution in [0.2, 0.25) is 0 Å². The van der Waals surface area contributed by atoms with Crippen molar-refractivity contribution in [2.24, 2.45) is 0 Å². The predicted molar refractivity (Wildman–Crippen MR) is 84.6 cm³/mol. The molecule has 19 heavy (non-hydrogen) atoms. The summed E-state index contributed by atoms with van der Waals surface area (Å²) >= 11 is 3.09. The van der Waals surface area contributed by atoms with Crippen LogP contribution in [-0.4, -0.2) is 16.8 Å². The summed E-state index contributed by atoms with van der Waals surface area (Å²) in [6.07, 6.45) is 10.7. The monoisotopic (exact) mass is 300 g/mol. The first-order chi connectivity index (χ1) is 9.24. The molecule has 108 valence electrons. The summed E-state index contributed by atoms with van der Waals surface area (Å²) in [4.78, 5) is 12.3. The Morgan fingerprint density at radius 3 is 2.37 bits per heavy atom.